The number of H-pyrrole nitrogens is 1. The third-order valence-corrected chi connectivity index (χ3v) is 5.39. The molecule has 2 N–H and O–H groups in total. The highest BCUT2D eigenvalue weighted by Gasteiger charge is 2.27. The fourth-order valence-electron chi connectivity index (χ4n) is 2.67. The smallest absolute Gasteiger partial charge is 0.264 e. The Balaban J connectivity index is 2.02. The van der Waals surface area contributed by atoms with Crippen molar-refractivity contribution in [2.45, 2.75) is 32.1 Å². The van der Waals surface area contributed by atoms with Crippen molar-refractivity contribution in [3.05, 3.63) is 47.0 Å². The van der Waals surface area contributed by atoms with Crippen molar-refractivity contribution in [1.82, 2.24) is 15.2 Å². The minimum absolute atomic E-state index is 0.0478. The third kappa shape index (κ3) is 3.32. The summed E-state index contributed by atoms with van der Waals surface area (Å²) >= 11 is 0. The number of anilines is 1. The number of hydrogen-bond donors (Lipinski definition) is 2. The van der Waals surface area contributed by atoms with E-state index in [0.29, 0.717) is 35.3 Å². The van der Waals surface area contributed by atoms with E-state index in [0.717, 1.165) is 12.1 Å². The highest BCUT2D eigenvalue weighted by atomic mass is 32.2. The van der Waals surface area contributed by atoms with Gasteiger partial charge in [0.15, 0.2) is 0 Å². The van der Waals surface area contributed by atoms with Gasteiger partial charge < -0.3 is 9.40 Å². The zero-order valence-electron chi connectivity index (χ0n) is 14.2. The minimum atomic E-state index is -4.10. The van der Waals surface area contributed by atoms with Crippen molar-refractivity contribution in [1.29, 1.82) is 0 Å². The second-order valence-corrected chi connectivity index (χ2v) is 7.32. The lowest BCUT2D eigenvalue weighted by Gasteiger charge is -2.09. The molecule has 0 radical (unpaired) electrons. The van der Waals surface area contributed by atoms with E-state index < -0.39 is 21.7 Å². The summed E-state index contributed by atoms with van der Waals surface area (Å²) < 4.78 is 59.7. The van der Waals surface area contributed by atoms with Crippen LogP contribution in [0.2, 0.25) is 0 Å². The van der Waals surface area contributed by atoms with Gasteiger partial charge in [-0.3, -0.25) is 4.72 Å². The molecule has 0 aliphatic heterocycles. The minimum Gasteiger partial charge on any atom is -0.419 e. The number of aromatic amines is 1. The van der Waals surface area contributed by atoms with Crippen molar-refractivity contribution in [3.8, 4) is 11.6 Å². The monoisotopic (exact) mass is 382 g/mol. The van der Waals surface area contributed by atoms with Crippen LogP contribution in [-0.2, 0) is 16.4 Å². The van der Waals surface area contributed by atoms with Gasteiger partial charge in [0.2, 0.25) is 5.89 Å². The largest absolute Gasteiger partial charge is 0.419 e. The molecule has 0 unspecified atom stereocenters. The average molecular weight is 382 g/mol. The van der Waals surface area contributed by atoms with Crippen molar-refractivity contribution < 1.29 is 21.6 Å². The van der Waals surface area contributed by atoms with Gasteiger partial charge >= 0.3 is 0 Å². The summed E-state index contributed by atoms with van der Waals surface area (Å²) in [6.07, 6.45) is 0.545. The van der Waals surface area contributed by atoms with Gasteiger partial charge in [-0.1, -0.05) is 6.92 Å². The van der Waals surface area contributed by atoms with E-state index in [-0.39, 0.29) is 16.5 Å². The van der Waals surface area contributed by atoms with E-state index in [1.807, 2.05) is 6.92 Å². The maximum atomic E-state index is 13.3. The number of rotatable bonds is 5. The second kappa shape index (κ2) is 6.52. The quantitative estimate of drug-likeness (QED) is 0.705. The van der Waals surface area contributed by atoms with E-state index in [4.69, 9.17) is 4.42 Å². The first-order valence-corrected chi connectivity index (χ1v) is 9.20. The van der Waals surface area contributed by atoms with Crippen LogP contribution in [0, 0.1) is 25.5 Å². The standard InChI is InChI=1S/C16H16F2N4O3S/c1-4-13-20-21-16(25-13)14-8(2)15(9(3)19-14)26(23,24)22-12-6-10(17)5-11(18)7-12/h5-7,19,22H,4H2,1-3H3. The van der Waals surface area contributed by atoms with E-state index in [1.165, 1.54) is 0 Å². The molecule has 0 saturated carbocycles. The first-order valence-electron chi connectivity index (χ1n) is 7.72. The summed E-state index contributed by atoms with van der Waals surface area (Å²) in [5.41, 5.74) is 0.854. The van der Waals surface area contributed by atoms with Crippen LogP contribution >= 0.6 is 0 Å². The first-order chi connectivity index (χ1) is 12.2. The molecule has 3 rings (SSSR count). The molecule has 26 heavy (non-hydrogen) atoms. The molecule has 0 aliphatic carbocycles. The third-order valence-electron chi connectivity index (χ3n) is 3.74. The molecular weight excluding hydrogens is 366 g/mol. The van der Waals surface area contributed by atoms with Gasteiger partial charge in [-0.2, -0.15) is 0 Å². The van der Waals surface area contributed by atoms with E-state index in [1.54, 1.807) is 13.8 Å². The van der Waals surface area contributed by atoms with Gasteiger partial charge in [-0.05, 0) is 26.0 Å². The molecule has 0 saturated heterocycles. The van der Waals surface area contributed by atoms with Crippen molar-refractivity contribution in [2.75, 3.05) is 4.72 Å². The number of sulfonamides is 1. The Hall–Kier alpha value is -2.75. The Labute approximate surface area is 148 Å². The molecule has 7 nitrogen and oxygen atoms in total. The average Bonchev–Trinajstić information content (AvgIpc) is 3.10. The second-order valence-electron chi connectivity index (χ2n) is 5.70. The maximum Gasteiger partial charge on any atom is 0.264 e. The van der Waals surface area contributed by atoms with Gasteiger partial charge in [-0.15, -0.1) is 10.2 Å². The highest BCUT2D eigenvalue weighted by molar-refractivity contribution is 7.92. The number of hydrogen-bond acceptors (Lipinski definition) is 5. The summed E-state index contributed by atoms with van der Waals surface area (Å²) in [7, 11) is -4.10. The molecule has 1 aromatic carbocycles. The van der Waals surface area contributed by atoms with Crippen LogP contribution in [0.15, 0.2) is 27.5 Å². The number of nitrogens with zero attached hydrogens (tertiary/aromatic N) is 2. The predicted octanol–water partition coefficient (Wildman–Crippen LogP) is 3.32. The molecule has 2 heterocycles. The Morgan fingerprint density at radius 3 is 2.38 bits per heavy atom. The number of nitrogens with one attached hydrogen (secondary N) is 2. The number of aromatic nitrogens is 3. The van der Waals surface area contributed by atoms with Gasteiger partial charge in [0.1, 0.15) is 22.2 Å². The number of halogens is 2. The first kappa shape index (κ1) is 18.1. The van der Waals surface area contributed by atoms with Crippen LogP contribution in [-0.4, -0.2) is 23.6 Å². The lowest BCUT2D eigenvalue weighted by atomic mass is 10.2. The van der Waals surface area contributed by atoms with Crippen molar-refractivity contribution >= 4 is 15.7 Å². The van der Waals surface area contributed by atoms with Crippen LogP contribution in [0.1, 0.15) is 24.1 Å². The topological polar surface area (TPSA) is 101 Å². The SMILES string of the molecule is CCc1nnc(-c2[nH]c(C)c(S(=O)(=O)Nc3cc(F)cc(F)c3)c2C)o1. The molecule has 0 fully saturated rings. The lowest BCUT2D eigenvalue weighted by molar-refractivity contribution is 0.511. The normalized spacial score (nSPS) is 11.7. The molecular formula is C16H16F2N4O3S. The molecule has 0 amide bonds. The maximum absolute atomic E-state index is 13.3. The van der Waals surface area contributed by atoms with Crippen molar-refractivity contribution in [3.63, 3.8) is 0 Å². The molecule has 0 aliphatic rings. The molecule has 138 valence electrons. The Morgan fingerprint density at radius 2 is 1.81 bits per heavy atom. The van der Waals surface area contributed by atoms with Gasteiger partial charge in [0.05, 0.1) is 5.69 Å². The van der Waals surface area contributed by atoms with Crippen LogP contribution < -0.4 is 4.72 Å². The Kier molecular flexibility index (Phi) is 4.53. The van der Waals surface area contributed by atoms with E-state index in [2.05, 4.69) is 19.9 Å². The highest BCUT2D eigenvalue weighted by Crippen LogP contribution is 2.31. The van der Waals surface area contributed by atoms with Crippen molar-refractivity contribution in [2.24, 2.45) is 0 Å². The lowest BCUT2D eigenvalue weighted by Crippen LogP contribution is -2.14. The van der Waals surface area contributed by atoms with Crippen LogP contribution in [0.5, 0.6) is 0 Å². The zero-order valence-corrected chi connectivity index (χ0v) is 15.0. The molecule has 0 bridgehead atoms. The van der Waals surface area contributed by atoms with E-state index >= 15 is 0 Å². The summed E-state index contributed by atoms with van der Waals surface area (Å²) in [6.45, 7) is 4.99. The molecule has 0 spiro atoms. The van der Waals surface area contributed by atoms with Gasteiger partial charge in [-0.25, -0.2) is 17.2 Å². The fourth-order valence-corrected chi connectivity index (χ4v) is 4.16. The van der Waals surface area contributed by atoms with Gasteiger partial charge in [0.25, 0.3) is 15.9 Å². The summed E-state index contributed by atoms with van der Waals surface area (Å²) in [6, 6.07) is 2.44. The van der Waals surface area contributed by atoms with Crippen LogP contribution in [0.4, 0.5) is 14.5 Å². The molecule has 2 aromatic heterocycles. The molecule has 3 aromatic rings. The molecule has 10 heteroatoms. The van der Waals surface area contributed by atoms with Crippen LogP contribution in [0.25, 0.3) is 11.6 Å². The Bertz CT molecular complexity index is 1050. The van der Waals surface area contributed by atoms with E-state index in [9.17, 15) is 17.2 Å². The number of benzene rings is 1. The number of aryl methyl sites for hydroxylation is 2. The Morgan fingerprint density at radius 1 is 1.15 bits per heavy atom. The fraction of sp³-hybridized carbons (Fsp3) is 0.250. The summed E-state index contributed by atoms with van der Waals surface area (Å²) in [4.78, 5) is 2.87. The predicted molar refractivity (Wildman–Crippen MR) is 90.1 cm³/mol. The summed E-state index contributed by atoms with van der Waals surface area (Å²) in [5.74, 6) is -1.18. The van der Waals surface area contributed by atoms with Gasteiger partial charge in [0, 0.05) is 23.7 Å². The molecule has 0 atom stereocenters. The summed E-state index contributed by atoms with van der Waals surface area (Å²) in [5, 5.41) is 7.75. The van der Waals surface area contributed by atoms with Crippen LogP contribution in [0.3, 0.4) is 0 Å². The zero-order chi connectivity index (χ0) is 19.1.